The third kappa shape index (κ3) is 5.48. The van der Waals surface area contributed by atoms with Crippen LogP contribution in [0.5, 0.6) is 0 Å². The molecule has 0 aliphatic heterocycles. The smallest absolute Gasteiger partial charge is 0.358 e. The van der Waals surface area contributed by atoms with Crippen LogP contribution in [-0.2, 0) is 16.0 Å². The minimum absolute atomic E-state index is 0.163. The summed E-state index contributed by atoms with van der Waals surface area (Å²) in [5.41, 5.74) is 2.38. The summed E-state index contributed by atoms with van der Waals surface area (Å²) in [6.45, 7) is 2.03. The van der Waals surface area contributed by atoms with Gasteiger partial charge in [0, 0.05) is 30.3 Å². The van der Waals surface area contributed by atoms with Gasteiger partial charge in [-0.1, -0.05) is 23.7 Å². The fourth-order valence-electron chi connectivity index (χ4n) is 3.13. The number of carbonyl (C=O) groups is 2. The van der Waals surface area contributed by atoms with Crippen molar-refractivity contribution in [2.24, 2.45) is 0 Å². The summed E-state index contributed by atoms with van der Waals surface area (Å²) in [5.74, 6) is 0.400. The maximum atomic E-state index is 12.3. The molecule has 0 fully saturated rings. The number of nitrogens with zero attached hydrogens (tertiary/aromatic N) is 3. The van der Waals surface area contributed by atoms with E-state index in [0.29, 0.717) is 35.4 Å². The summed E-state index contributed by atoms with van der Waals surface area (Å²) in [4.78, 5) is 28.3. The van der Waals surface area contributed by atoms with Gasteiger partial charge in [-0.05, 0) is 49.4 Å². The van der Waals surface area contributed by atoms with Crippen molar-refractivity contribution in [1.29, 1.82) is 0 Å². The van der Waals surface area contributed by atoms with Crippen molar-refractivity contribution in [3.63, 3.8) is 0 Å². The van der Waals surface area contributed by atoms with Crippen molar-refractivity contribution < 1.29 is 18.7 Å². The Balaban J connectivity index is 1.31. The molecule has 2 aromatic heterocycles. The number of aromatic nitrogens is 3. The largest absolute Gasteiger partial charge is 0.461 e. The number of benzene rings is 2. The zero-order chi connectivity index (χ0) is 23.2. The van der Waals surface area contributed by atoms with E-state index in [9.17, 15) is 9.59 Å². The molecule has 2 aromatic carbocycles. The fourth-order valence-corrected chi connectivity index (χ4v) is 3.36. The average Bonchev–Trinajstić information content (AvgIpc) is 3.49. The van der Waals surface area contributed by atoms with Crippen molar-refractivity contribution >= 4 is 29.2 Å². The first-order valence-corrected chi connectivity index (χ1v) is 10.7. The number of hydrogen-bond donors (Lipinski definition) is 1. The molecule has 4 rings (SSSR count). The second-order valence-corrected chi connectivity index (χ2v) is 7.47. The van der Waals surface area contributed by atoms with Gasteiger partial charge in [0.2, 0.25) is 5.91 Å². The first kappa shape index (κ1) is 22.3. The van der Waals surface area contributed by atoms with Crippen molar-refractivity contribution in [2.45, 2.75) is 19.8 Å². The van der Waals surface area contributed by atoms with Gasteiger partial charge in [-0.15, -0.1) is 0 Å². The summed E-state index contributed by atoms with van der Waals surface area (Å²) >= 11 is 6.19. The predicted molar refractivity (Wildman–Crippen MR) is 123 cm³/mol. The van der Waals surface area contributed by atoms with Crippen LogP contribution in [0.15, 0.2) is 71.4 Å². The Hall–Kier alpha value is -3.91. The molecule has 0 unspecified atom stereocenters. The Labute approximate surface area is 195 Å². The van der Waals surface area contributed by atoms with E-state index in [4.69, 9.17) is 20.8 Å². The molecule has 33 heavy (non-hydrogen) atoms. The van der Waals surface area contributed by atoms with Gasteiger partial charge in [0.05, 0.1) is 23.5 Å². The molecule has 0 atom stereocenters. The molecule has 9 heteroatoms. The highest BCUT2D eigenvalue weighted by molar-refractivity contribution is 6.33. The quantitative estimate of drug-likeness (QED) is 0.371. The molecule has 0 bridgehead atoms. The van der Waals surface area contributed by atoms with E-state index in [0.717, 1.165) is 11.3 Å². The molecule has 0 saturated heterocycles. The van der Waals surface area contributed by atoms with Crippen LogP contribution in [-0.4, -0.2) is 33.2 Å². The van der Waals surface area contributed by atoms with E-state index in [1.165, 1.54) is 0 Å². The van der Waals surface area contributed by atoms with Crippen LogP contribution in [0.2, 0.25) is 5.02 Å². The molecular weight excluding hydrogens is 444 g/mol. The van der Waals surface area contributed by atoms with Crippen LogP contribution in [0.1, 0.15) is 29.7 Å². The van der Waals surface area contributed by atoms with Crippen LogP contribution < -0.4 is 5.32 Å². The summed E-state index contributed by atoms with van der Waals surface area (Å²) in [7, 11) is 0. The number of oxazole rings is 1. The molecule has 0 aliphatic rings. The Kier molecular flexibility index (Phi) is 6.85. The maximum Gasteiger partial charge on any atom is 0.358 e. The number of esters is 1. The van der Waals surface area contributed by atoms with E-state index in [1.54, 1.807) is 60.4 Å². The summed E-state index contributed by atoms with van der Waals surface area (Å²) < 4.78 is 12.2. The van der Waals surface area contributed by atoms with E-state index in [2.05, 4.69) is 15.4 Å². The third-order valence-electron chi connectivity index (χ3n) is 4.75. The molecule has 0 saturated carbocycles. The van der Waals surface area contributed by atoms with Crippen molar-refractivity contribution in [2.75, 3.05) is 11.9 Å². The van der Waals surface area contributed by atoms with Gasteiger partial charge in [-0.2, -0.15) is 5.10 Å². The highest BCUT2D eigenvalue weighted by Crippen LogP contribution is 2.28. The topological polar surface area (TPSA) is 99.2 Å². The second kappa shape index (κ2) is 10.1. The van der Waals surface area contributed by atoms with Gasteiger partial charge in [0.1, 0.15) is 0 Å². The second-order valence-electron chi connectivity index (χ2n) is 7.06. The lowest BCUT2D eigenvalue weighted by Crippen LogP contribution is -2.12. The van der Waals surface area contributed by atoms with Crippen molar-refractivity contribution in [3.05, 3.63) is 83.6 Å². The Morgan fingerprint density at radius 2 is 1.91 bits per heavy atom. The first-order valence-electron chi connectivity index (χ1n) is 10.4. The molecule has 0 aliphatic carbocycles. The van der Waals surface area contributed by atoms with Crippen LogP contribution in [0.3, 0.4) is 0 Å². The van der Waals surface area contributed by atoms with Crippen molar-refractivity contribution in [3.8, 4) is 17.0 Å². The minimum atomic E-state index is -0.467. The molecular formula is C24H21ClN4O4. The van der Waals surface area contributed by atoms with E-state index < -0.39 is 5.97 Å². The molecule has 0 spiro atoms. The average molecular weight is 465 g/mol. The van der Waals surface area contributed by atoms with Gasteiger partial charge < -0.3 is 14.5 Å². The molecule has 1 N–H and O–H groups in total. The zero-order valence-electron chi connectivity index (χ0n) is 17.8. The molecule has 8 nitrogen and oxygen atoms in total. The number of rotatable bonds is 8. The molecule has 0 radical (unpaired) electrons. The fraction of sp³-hybridized carbons (Fsp3) is 0.167. The van der Waals surface area contributed by atoms with E-state index in [1.807, 2.05) is 18.2 Å². The number of aryl methyl sites for hydroxylation is 1. The molecule has 2 heterocycles. The third-order valence-corrected chi connectivity index (χ3v) is 5.08. The molecule has 1 amide bonds. The number of halogens is 1. The van der Waals surface area contributed by atoms with Crippen LogP contribution in [0.25, 0.3) is 17.0 Å². The normalized spacial score (nSPS) is 10.7. The lowest BCUT2D eigenvalue weighted by atomic mass is 10.2. The molecule has 4 aromatic rings. The lowest BCUT2D eigenvalue weighted by Gasteiger charge is -2.06. The van der Waals surface area contributed by atoms with Gasteiger partial charge >= 0.3 is 5.97 Å². The number of hydrogen-bond acceptors (Lipinski definition) is 6. The maximum absolute atomic E-state index is 12.3. The van der Waals surface area contributed by atoms with Crippen LogP contribution in [0.4, 0.5) is 5.69 Å². The predicted octanol–water partition coefficient (Wildman–Crippen LogP) is 4.93. The monoisotopic (exact) mass is 464 g/mol. The Morgan fingerprint density at radius 1 is 1.12 bits per heavy atom. The number of anilines is 1. The lowest BCUT2D eigenvalue weighted by molar-refractivity contribution is -0.116. The highest BCUT2D eigenvalue weighted by Gasteiger charge is 2.13. The number of carbonyl (C=O) groups excluding carboxylic acids is 2. The van der Waals surface area contributed by atoms with E-state index in [-0.39, 0.29) is 18.0 Å². The molecule has 168 valence electrons. The van der Waals surface area contributed by atoms with Gasteiger partial charge in [0.25, 0.3) is 0 Å². The van der Waals surface area contributed by atoms with Crippen LogP contribution >= 0.6 is 11.6 Å². The minimum Gasteiger partial charge on any atom is -0.461 e. The standard InChI is InChI=1S/C24H21ClN4O4/c1-2-32-24(31)20-13-14-29(28-20)17-9-7-16(8-10-17)27-22(30)11-12-23-26-15-21(33-23)18-5-3-4-6-19(18)25/h3-10,13-15H,2,11-12H2,1H3,(H,27,30). The Morgan fingerprint density at radius 3 is 2.67 bits per heavy atom. The summed E-state index contributed by atoms with van der Waals surface area (Å²) in [6.07, 6.45) is 3.85. The Bertz CT molecular complexity index is 1260. The summed E-state index contributed by atoms with van der Waals surface area (Å²) in [6, 6.07) is 16.0. The van der Waals surface area contributed by atoms with Gasteiger partial charge in [-0.3, -0.25) is 4.79 Å². The van der Waals surface area contributed by atoms with Gasteiger partial charge in [-0.25, -0.2) is 14.5 Å². The van der Waals surface area contributed by atoms with Crippen molar-refractivity contribution in [1.82, 2.24) is 14.8 Å². The number of nitrogens with one attached hydrogen (secondary N) is 1. The SMILES string of the molecule is CCOC(=O)c1ccn(-c2ccc(NC(=O)CCc3ncc(-c4ccccc4Cl)o3)cc2)n1. The summed E-state index contributed by atoms with van der Waals surface area (Å²) in [5, 5.41) is 7.63. The first-order chi connectivity index (χ1) is 16.0. The number of ether oxygens (including phenoxy) is 1. The highest BCUT2D eigenvalue weighted by atomic mass is 35.5. The number of amides is 1. The van der Waals surface area contributed by atoms with E-state index >= 15 is 0 Å². The van der Waals surface area contributed by atoms with Crippen LogP contribution in [0, 0.1) is 0 Å². The zero-order valence-corrected chi connectivity index (χ0v) is 18.6. The van der Waals surface area contributed by atoms with Gasteiger partial charge in [0.15, 0.2) is 17.3 Å².